The third-order valence-electron chi connectivity index (χ3n) is 3.45. The number of nitrogens with zero attached hydrogens (tertiary/aromatic N) is 1. The highest BCUT2D eigenvalue weighted by atomic mass is 79.9. The molecule has 1 atom stereocenters. The van der Waals surface area contributed by atoms with Crippen molar-refractivity contribution in [3.8, 4) is 0 Å². The van der Waals surface area contributed by atoms with Crippen LogP contribution < -0.4 is 10.2 Å². The Labute approximate surface area is 118 Å². The average Bonchev–Trinajstić information content (AvgIpc) is 2.91. The number of hydrogen-bond donors (Lipinski definition) is 1. The van der Waals surface area contributed by atoms with Crippen LogP contribution in [0, 0.1) is 5.92 Å². The highest BCUT2D eigenvalue weighted by molar-refractivity contribution is 9.09. The Hall–Kier alpha value is -1.69. The first-order valence-electron chi connectivity index (χ1n) is 5.96. The molecule has 1 saturated heterocycles. The van der Waals surface area contributed by atoms with Crippen LogP contribution in [0.1, 0.15) is 27.1 Å². The molecule has 1 N–H and O–H groups in total. The second-order valence-corrected chi connectivity index (χ2v) is 5.39. The van der Waals surface area contributed by atoms with Crippen molar-refractivity contribution in [3.05, 3.63) is 29.3 Å². The van der Waals surface area contributed by atoms with Crippen molar-refractivity contribution in [2.75, 3.05) is 16.8 Å². The van der Waals surface area contributed by atoms with Gasteiger partial charge in [0.15, 0.2) is 0 Å². The molecule has 19 heavy (non-hydrogen) atoms. The Morgan fingerprint density at radius 1 is 1.21 bits per heavy atom. The van der Waals surface area contributed by atoms with E-state index in [0.29, 0.717) is 29.8 Å². The predicted octanol–water partition coefficient (Wildman–Crippen LogP) is 1.32. The van der Waals surface area contributed by atoms with E-state index in [0.717, 1.165) is 5.33 Å². The Kier molecular flexibility index (Phi) is 2.89. The van der Waals surface area contributed by atoms with Crippen LogP contribution in [-0.4, -0.2) is 29.6 Å². The van der Waals surface area contributed by atoms with E-state index in [2.05, 4.69) is 21.2 Å². The summed E-state index contributed by atoms with van der Waals surface area (Å²) in [5.74, 6) is -0.437. The summed E-state index contributed by atoms with van der Waals surface area (Å²) in [6, 6.07) is 4.93. The normalized spacial score (nSPS) is 21.8. The molecular formula is C13H11BrN2O3. The zero-order chi connectivity index (χ0) is 13.6. The minimum absolute atomic E-state index is 0.0501. The molecule has 1 aromatic carbocycles. The van der Waals surface area contributed by atoms with Crippen LogP contribution in [0.2, 0.25) is 0 Å². The van der Waals surface area contributed by atoms with Crippen molar-refractivity contribution < 1.29 is 14.4 Å². The van der Waals surface area contributed by atoms with Gasteiger partial charge in [-0.15, -0.1) is 0 Å². The van der Waals surface area contributed by atoms with Gasteiger partial charge < -0.3 is 4.90 Å². The van der Waals surface area contributed by atoms with Crippen LogP contribution in [-0.2, 0) is 4.79 Å². The van der Waals surface area contributed by atoms with Gasteiger partial charge in [-0.1, -0.05) is 15.9 Å². The Morgan fingerprint density at radius 2 is 1.95 bits per heavy atom. The van der Waals surface area contributed by atoms with Crippen LogP contribution >= 0.6 is 15.9 Å². The predicted molar refractivity (Wildman–Crippen MR) is 72.5 cm³/mol. The number of carbonyl (C=O) groups is 3. The fraction of sp³-hybridized carbons (Fsp3) is 0.308. The molecule has 2 heterocycles. The maximum Gasteiger partial charge on any atom is 0.259 e. The summed E-state index contributed by atoms with van der Waals surface area (Å²) in [6.45, 7) is 0.637. The van der Waals surface area contributed by atoms with E-state index in [1.54, 1.807) is 23.1 Å². The highest BCUT2D eigenvalue weighted by Crippen LogP contribution is 2.29. The summed E-state index contributed by atoms with van der Waals surface area (Å²) in [5, 5.41) is 3.02. The number of imide groups is 1. The number of carbonyl (C=O) groups excluding carboxylic acids is 3. The quantitative estimate of drug-likeness (QED) is 0.659. The van der Waals surface area contributed by atoms with Gasteiger partial charge in [0.1, 0.15) is 0 Å². The van der Waals surface area contributed by atoms with E-state index < -0.39 is 5.91 Å². The molecule has 1 unspecified atom stereocenters. The lowest BCUT2D eigenvalue weighted by molar-refractivity contribution is -0.117. The lowest BCUT2D eigenvalue weighted by atomic mass is 10.1. The van der Waals surface area contributed by atoms with Gasteiger partial charge in [-0.3, -0.25) is 19.7 Å². The van der Waals surface area contributed by atoms with Crippen LogP contribution in [0.3, 0.4) is 0 Å². The second kappa shape index (κ2) is 4.45. The van der Waals surface area contributed by atoms with Crippen LogP contribution in [0.4, 0.5) is 5.69 Å². The number of amides is 3. The van der Waals surface area contributed by atoms with Gasteiger partial charge >= 0.3 is 0 Å². The highest BCUT2D eigenvalue weighted by Gasteiger charge is 2.32. The fourth-order valence-corrected chi connectivity index (χ4v) is 2.89. The third kappa shape index (κ3) is 1.96. The third-order valence-corrected chi connectivity index (χ3v) is 4.37. The topological polar surface area (TPSA) is 66.5 Å². The van der Waals surface area contributed by atoms with Gasteiger partial charge in [0.2, 0.25) is 5.91 Å². The zero-order valence-corrected chi connectivity index (χ0v) is 11.6. The molecule has 2 aliphatic heterocycles. The molecule has 6 heteroatoms. The average molecular weight is 323 g/mol. The summed E-state index contributed by atoms with van der Waals surface area (Å²) in [4.78, 5) is 36.7. The summed E-state index contributed by atoms with van der Waals surface area (Å²) in [7, 11) is 0. The van der Waals surface area contributed by atoms with Crippen LogP contribution in [0.5, 0.6) is 0 Å². The van der Waals surface area contributed by atoms with Crippen molar-refractivity contribution >= 4 is 39.3 Å². The van der Waals surface area contributed by atoms with E-state index in [1.165, 1.54) is 0 Å². The van der Waals surface area contributed by atoms with E-state index in [1.807, 2.05) is 0 Å². The molecule has 1 aromatic rings. The van der Waals surface area contributed by atoms with E-state index in [-0.39, 0.29) is 17.7 Å². The maximum atomic E-state index is 11.9. The Morgan fingerprint density at radius 3 is 2.63 bits per heavy atom. The molecule has 1 fully saturated rings. The van der Waals surface area contributed by atoms with Crippen LogP contribution in [0.25, 0.3) is 0 Å². The number of benzene rings is 1. The van der Waals surface area contributed by atoms with Crippen molar-refractivity contribution in [3.63, 3.8) is 0 Å². The SMILES string of the molecule is O=C1NC(=O)c2cc(N3CC(CBr)CC3=O)ccc21. The van der Waals surface area contributed by atoms with Crippen molar-refractivity contribution in [1.82, 2.24) is 5.32 Å². The summed E-state index contributed by atoms with van der Waals surface area (Å²) >= 11 is 3.38. The molecule has 98 valence electrons. The van der Waals surface area contributed by atoms with Gasteiger partial charge in [0.25, 0.3) is 11.8 Å². The standard InChI is InChI=1S/C13H11BrN2O3/c14-5-7-3-11(17)16(6-7)8-1-2-9-10(4-8)13(19)15-12(9)18/h1-2,4,7H,3,5-6H2,(H,15,18,19). The van der Waals surface area contributed by atoms with Crippen molar-refractivity contribution in [2.24, 2.45) is 5.92 Å². The first-order valence-corrected chi connectivity index (χ1v) is 7.08. The number of halogens is 1. The summed E-state index contributed by atoms with van der Waals surface area (Å²) < 4.78 is 0. The fourth-order valence-electron chi connectivity index (χ4n) is 2.46. The number of hydrogen-bond acceptors (Lipinski definition) is 3. The van der Waals surface area contributed by atoms with Crippen molar-refractivity contribution in [1.29, 1.82) is 0 Å². The Balaban J connectivity index is 1.96. The van der Waals surface area contributed by atoms with Crippen molar-refractivity contribution in [2.45, 2.75) is 6.42 Å². The molecule has 0 bridgehead atoms. The molecule has 0 saturated carbocycles. The monoisotopic (exact) mass is 322 g/mol. The number of alkyl halides is 1. The van der Waals surface area contributed by atoms with E-state index in [9.17, 15) is 14.4 Å². The van der Waals surface area contributed by atoms with Gasteiger partial charge in [0.05, 0.1) is 11.1 Å². The molecule has 3 rings (SSSR count). The molecule has 3 amide bonds. The molecule has 0 spiro atoms. The molecule has 2 aliphatic rings. The van der Waals surface area contributed by atoms with Gasteiger partial charge in [-0.2, -0.15) is 0 Å². The zero-order valence-electron chi connectivity index (χ0n) is 9.98. The number of anilines is 1. The van der Waals surface area contributed by atoms with Gasteiger partial charge in [0, 0.05) is 24.0 Å². The molecule has 5 nitrogen and oxygen atoms in total. The second-order valence-electron chi connectivity index (χ2n) is 4.74. The molecular weight excluding hydrogens is 312 g/mol. The molecule has 0 radical (unpaired) electrons. The van der Waals surface area contributed by atoms with Gasteiger partial charge in [-0.05, 0) is 24.1 Å². The van der Waals surface area contributed by atoms with E-state index in [4.69, 9.17) is 0 Å². The van der Waals surface area contributed by atoms with Gasteiger partial charge in [-0.25, -0.2) is 0 Å². The minimum atomic E-state index is -0.398. The van der Waals surface area contributed by atoms with E-state index >= 15 is 0 Å². The number of nitrogens with one attached hydrogen (secondary N) is 1. The number of rotatable bonds is 2. The first-order chi connectivity index (χ1) is 9.10. The largest absolute Gasteiger partial charge is 0.312 e. The lowest BCUT2D eigenvalue weighted by Crippen LogP contribution is -2.25. The molecule has 0 aromatic heterocycles. The summed E-state index contributed by atoms with van der Waals surface area (Å²) in [6.07, 6.45) is 0.507. The first kappa shape index (κ1) is 12.3. The maximum absolute atomic E-state index is 11.9. The molecule has 0 aliphatic carbocycles. The smallest absolute Gasteiger partial charge is 0.259 e. The Bertz CT molecular complexity index is 600. The minimum Gasteiger partial charge on any atom is -0.312 e. The number of fused-ring (bicyclic) bond motifs is 1. The summed E-state index contributed by atoms with van der Waals surface area (Å²) in [5.41, 5.74) is 1.40. The van der Waals surface area contributed by atoms with Crippen LogP contribution in [0.15, 0.2) is 18.2 Å². The lowest BCUT2D eigenvalue weighted by Gasteiger charge is -2.16.